The molecule has 0 radical (unpaired) electrons. The molecule has 2 fully saturated rings. The topological polar surface area (TPSA) is 54.5 Å². The standard InChI is InChI=1S/C15H21N3O2/c1-2-16-14-11(5-4-8-17-14)15(19)18-9-10-20-13-7-3-6-12(13)18/h4-5,8,12-13H,2-3,6-7,9-10H2,1H3,(H,16,17). The van der Waals surface area contributed by atoms with Gasteiger partial charge in [0.15, 0.2) is 0 Å². The van der Waals surface area contributed by atoms with Crippen molar-refractivity contribution in [1.29, 1.82) is 0 Å². The maximum absolute atomic E-state index is 12.8. The molecular weight excluding hydrogens is 254 g/mol. The van der Waals surface area contributed by atoms with Crippen LogP contribution < -0.4 is 5.32 Å². The number of carbonyl (C=O) groups excluding carboxylic acids is 1. The molecule has 1 aliphatic carbocycles. The number of rotatable bonds is 3. The number of fused-ring (bicyclic) bond motifs is 1. The number of hydrogen-bond donors (Lipinski definition) is 1. The largest absolute Gasteiger partial charge is 0.374 e. The first-order valence-electron chi connectivity index (χ1n) is 7.42. The number of ether oxygens (including phenoxy) is 1. The van der Waals surface area contributed by atoms with Crippen LogP contribution in [0.1, 0.15) is 36.5 Å². The highest BCUT2D eigenvalue weighted by Gasteiger charge is 2.39. The predicted molar refractivity (Wildman–Crippen MR) is 76.8 cm³/mol. The smallest absolute Gasteiger partial charge is 0.258 e. The summed E-state index contributed by atoms with van der Waals surface area (Å²) in [4.78, 5) is 19.1. The van der Waals surface area contributed by atoms with E-state index in [-0.39, 0.29) is 18.1 Å². The van der Waals surface area contributed by atoms with Crippen molar-refractivity contribution in [1.82, 2.24) is 9.88 Å². The molecule has 20 heavy (non-hydrogen) atoms. The van der Waals surface area contributed by atoms with E-state index in [1.54, 1.807) is 6.20 Å². The van der Waals surface area contributed by atoms with Gasteiger partial charge >= 0.3 is 0 Å². The minimum Gasteiger partial charge on any atom is -0.374 e. The molecule has 2 unspecified atom stereocenters. The molecule has 1 N–H and O–H groups in total. The molecule has 3 rings (SSSR count). The number of hydrogen-bond acceptors (Lipinski definition) is 4. The minimum atomic E-state index is 0.0780. The lowest BCUT2D eigenvalue weighted by Gasteiger charge is -2.37. The second kappa shape index (κ2) is 5.79. The molecule has 5 nitrogen and oxygen atoms in total. The van der Waals surface area contributed by atoms with E-state index in [4.69, 9.17) is 4.74 Å². The van der Waals surface area contributed by atoms with Crippen LogP contribution in [-0.2, 0) is 4.74 Å². The van der Waals surface area contributed by atoms with Crippen LogP contribution in [0.3, 0.4) is 0 Å². The average Bonchev–Trinajstić information content (AvgIpc) is 2.96. The highest BCUT2D eigenvalue weighted by Crippen LogP contribution is 2.31. The van der Waals surface area contributed by atoms with E-state index in [0.29, 0.717) is 24.5 Å². The molecule has 2 heterocycles. The first kappa shape index (κ1) is 13.4. The normalized spacial score (nSPS) is 25.4. The van der Waals surface area contributed by atoms with E-state index in [1.165, 1.54) is 0 Å². The van der Waals surface area contributed by atoms with Gasteiger partial charge in [0.1, 0.15) is 5.82 Å². The zero-order valence-electron chi connectivity index (χ0n) is 11.8. The number of nitrogens with zero attached hydrogens (tertiary/aromatic N) is 2. The second-order valence-electron chi connectivity index (χ2n) is 5.34. The van der Waals surface area contributed by atoms with Gasteiger partial charge in [-0.1, -0.05) is 0 Å². The van der Waals surface area contributed by atoms with E-state index in [0.717, 1.165) is 25.8 Å². The Morgan fingerprint density at radius 2 is 2.45 bits per heavy atom. The number of morpholine rings is 1. The Bertz CT molecular complexity index is 492. The fourth-order valence-electron chi connectivity index (χ4n) is 3.22. The molecule has 0 aromatic carbocycles. The van der Waals surface area contributed by atoms with Crippen LogP contribution in [0.25, 0.3) is 0 Å². The molecule has 108 valence electrons. The molecule has 0 bridgehead atoms. The van der Waals surface area contributed by atoms with Crippen molar-refractivity contribution in [3.8, 4) is 0 Å². The molecule has 0 spiro atoms. The van der Waals surface area contributed by atoms with Crippen molar-refractivity contribution in [3.63, 3.8) is 0 Å². The summed E-state index contributed by atoms with van der Waals surface area (Å²) < 4.78 is 5.77. The van der Waals surface area contributed by atoms with Crippen LogP contribution in [0.2, 0.25) is 0 Å². The molecule has 2 atom stereocenters. The van der Waals surface area contributed by atoms with Crippen molar-refractivity contribution < 1.29 is 9.53 Å². The summed E-state index contributed by atoms with van der Waals surface area (Å²) in [6.45, 7) is 4.08. The summed E-state index contributed by atoms with van der Waals surface area (Å²) in [6, 6.07) is 3.92. The molecule has 1 saturated carbocycles. The van der Waals surface area contributed by atoms with Gasteiger partial charge in [0.25, 0.3) is 5.91 Å². The second-order valence-corrected chi connectivity index (χ2v) is 5.34. The van der Waals surface area contributed by atoms with Crippen LogP contribution in [0, 0.1) is 0 Å². The molecule has 1 aromatic heterocycles. The summed E-state index contributed by atoms with van der Waals surface area (Å²) >= 11 is 0. The Labute approximate surface area is 119 Å². The fraction of sp³-hybridized carbons (Fsp3) is 0.600. The van der Waals surface area contributed by atoms with E-state index in [1.807, 2.05) is 24.0 Å². The van der Waals surface area contributed by atoms with Gasteiger partial charge in [-0.25, -0.2) is 4.98 Å². The Kier molecular flexibility index (Phi) is 3.87. The maximum atomic E-state index is 12.8. The molecule has 5 heteroatoms. The number of pyridine rings is 1. The Morgan fingerprint density at radius 1 is 1.55 bits per heavy atom. The number of carbonyl (C=O) groups is 1. The fourth-order valence-corrected chi connectivity index (χ4v) is 3.22. The molecule has 2 aliphatic rings. The number of amides is 1. The van der Waals surface area contributed by atoms with Gasteiger partial charge < -0.3 is 15.0 Å². The Balaban J connectivity index is 1.84. The third-order valence-corrected chi connectivity index (χ3v) is 4.13. The maximum Gasteiger partial charge on any atom is 0.258 e. The lowest BCUT2D eigenvalue weighted by molar-refractivity contribution is -0.0445. The third-order valence-electron chi connectivity index (χ3n) is 4.13. The van der Waals surface area contributed by atoms with Crippen LogP contribution in [0.15, 0.2) is 18.3 Å². The number of anilines is 1. The monoisotopic (exact) mass is 275 g/mol. The number of nitrogens with one attached hydrogen (secondary N) is 1. The lowest BCUT2D eigenvalue weighted by atomic mass is 10.1. The zero-order chi connectivity index (χ0) is 13.9. The van der Waals surface area contributed by atoms with E-state index in [2.05, 4.69) is 10.3 Å². The van der Waals surface area contributed by atoms with Crippen LogP contribution >= 0.6 is 0 Å². The van der Waals surface area contributed by atoms with Gasteiger partial charge in [0, 0.05) is 19.3 Å². The summed E-state index contributed by atoms with van der Waals surface area (Å²) in [5.41, 5.74) is 0.668. The van der Waals surface area contributed by atoms with Gasteiger partial charge in [-0.15, -0.1) is 0 Å². The van der Waals surface area contributed by atoms with Gasteiger partial charge in [0.05, 0.1) is 24.3 Å². The van der Waals surface area contributed by atoms with Crippen molar-refractivity contribution in [3.05, 3.63) is 23.9 Å². The summed E-state index contributed by atoms with van der Waals surface area (Å²) in [5, 5.41) is 3.17. The van der Waals surface area contributed by atoms with Gasteiger partial charge in [-0.2, -0.15) is 0 Å². The first-order chi connectivity index (χ1) is 9.81. The van der Waals surface area contributed by atoms with E-state index >= 15 is 0 Å². The predicted octanol–water partition coefficient (Wildman–Crippen LogP) is 1.91. The average molecular weight is 275 g/mol. The highest BCUT2D eigenvalue weighted by atomic mass is 16.5. The Morgan fingerprint density at radius 3 is 3.30 bits per heavy atom. The lowest BCUT2D eigenvalue weighted by Crippen LogP contribution is -2.51. The Hall–Kier alpha value is -1.62. The van der Waals surface area contributed by atoms with E-state index in [9.17, 15) is 4.79 Å². The van der Waals surface area contributed by atoms with Crippen molar-refractivity contribution >= 4 is 11.7 Å². The van der Waals surface area contributed by atoms with Crippen LogP contribution in [0.4, 0.5) is 5.82 Å². The van der Waals surface area contributed by atoms with Gasteiger partial charge in [-0.3, -0.25) is 4.79 Å². The van der Waals surface area contributed by atoms with Crippen molar-refractivity contribution in [2.24, 2.45) is 0 Å². The highest BCUT2D eigenvalue weighted by molar-refractivity contribution is 5.99. The number of aromatic nitrogens is 1. The summed E-state index contributed by atoms with van der Waals surface area (Å²) in [6.07, 6.45) is 5.21. The SMILES string of the molecule is CCNc1ncccc1C(=O)N1CCOC2CCCC21. The van der Waals surface area contributed by atoms with E-state index < -0.39 is 0 Å². The quantitative estimate of drug-likeness (QED) is 0.915. The molecule has 1 saturated heterocycles. The van der Waals surface area contributed by atoms with Crippen LogP contribution in [0.5, 0.6) is 0 Å². The molecule has 1 aromatic rings. The van der Waals surface area contributed by atoms with Crippen molar-refractivity contribution in [2.45, 2.75) is 38.3 Å². The first-order valence-corrected chi connectivity index (χ1v) is 7.42. The van der Waals surface area contributed by atoms with Gasteiger partial charge in [0.2, 0.25) is 0 Å². The minimum absolute atomic E-state index is 0.0780. The third kappa shape index (κ3) is 2.38. The summed E-state index contributed by atoms with van der Waals surface area (Å²) in [5.74, 6) is 0.760. The van der Waals surface area contributed by atoms with Crippen LogP contribution in [-0.4, -0.2) is 47.6 Å². The zero-order valence-corrected chi connectivity index (χ0v) is 11.8. The van der Waals surface area contributed by atoms with Crippen molar-refractivity contribution in [2.75, 3.05) is 25.0 Å². The van der Waals surface area contributed by atoms with Gasteiger partial charge in [-0.05, 0) is 38.3 Å². The summed E-state index contributed by atoms with van der Waals surface area (Å²) in [7, 11) is 0. The molecular formula is C15H21N3O2. The molecule has 1 aliphatic heterocycles. The molecule has 1 amide bonds.